The summed E-state index contributed by atoms with van der Waals surface area (Å²) in [7, 11) is 0. The molecule has 2 rings (SSSR count). The Kier molecular flexibility index (Phi) is 4.97. The van der Waals surface area contributed by atoms with E-state index >= 15 is 0 Å². The second-order valence-electron chi connectivity index (χ2n) is 4.91. The highest BCUT2D eigenvalue weighted by Gasteiger charge is 2.32. The molecule has 19 heavy (non-hydrogen) atoms. The summed E-state index contributed by atoms with van der Waals surface area (Å²) in [4.78, 5) is 23.7. The van der Waals surface area contributed by atoms with E-state index in [1.165, 1.54) is 0 Å². The van der Waals surface area contributed by atoms with Gasteiger partial charge in [0.25, 0.3) is 0 Å². The number of amides is 1. The lowest BCUT2D eigenvalue weighted by Crippen LogP contribution is -2.38. The molecule has 1 aliphatic rings. The van der Waals surface area contributed by atoms with E-state index in [-0.39, 0.29) is 29.5 Å². The highest BCUT2D eigenvalue weighted by Crippen LogP contribution is 2.32. The Morgan fingerprint density at radius 2 is 2.05 bits per heavy atom. The maximum atomic E-state index is 12.1. The van der Waals surface area contributed by atoms with Crippen LogP contribution in [0.25, 0.3) is 0 Å². The molecule has 1 aromatic rings. The summed E-state index contributed by atoms with van der Waals surface area (Å²) in [6, 6.07) is 9.40. The SMILES string of the molecule is O=C(CCl)NC(c1ccccc1)C1CCCCC1=O. The zero-order chi connectivity index (χ0) is 13.7. The molecule has 0 saturated heterocycles. The monoisotopic (exact) mass is 279 g/mol. The van der Waals surface area contributed by atoms with E-state index < -0.39 is 0 Å². The van der Waals surface area contributed by atoms with E-state index in [4.69, 9.17) is 11.6 Å². The minimum atomic E-state index is -0.250. The average molecular weight is 280 g/mol. The molecule has 102 valence electrons. The lowest BCUT2D eigenvalue weighted by atomic mass is 9.80. The first kappa shape index (κ1) is 14.1. The summed E-state index contributed by atoms with van der Waals surface area (Å²) in [5.41, 5.74) is 0.973. The van der Waals surface area contributed by atoms with Gasteiger partial charge in [0.15, 0.2) is 0 Å². The molecule has 0 bridgehead atoms. The second kappa shape index (κ2) is 6.71. The van der Waals surface area contributed by atoms with Crippen LogP contribution in [-0.2, 0) is 9.59 Å². The Morgan fingerprint density at radius 1 is 1.32 bits per heavy atom. The molecule has 1 saturated carbocycles. The number of alkyl halides is 1. The predicted octanol–water partition coefficient (Wildman–Crippen LogP) is 2.84. The summed E-state index contributed by atoms with van der Waals surface area (Å²) in [5, 5.41) is 2.89. The van der Waals surface area contributed by atoms with Gasteiger partial charge >= 0.3 is 0 Å². The highest BCUT2D eigenvalue weighted by molar-refractivity contribution is 6.27. The van der Waals surface area contributed by atoms with Crippen molar-refractivity contribution in [1.82, 2.24) is 5.32 Å². The molecule has 1 amide bonds. The van der Waals surface area contributed by atoms with E-state index in [1.807, 2.05) is 30.3 Å². The van der Waals surface area contributed by atoms with Crippen molar-refractivity contribution < 1.29 is 9.59 Å². The number of hydrogen-bond donors (Lipinski definition) is 1. The first-order valence-electron chi connectivity index (χ1n) is 6.65. The van der Waals surface area contributed by atoms with E-state index in [0.29, 0.717) is 6.42 Å². The van der Waals surface area contributed by atoms with Gasteiger partial charge in [0.2, 0.25) is 5.91 Å². The summed E-state index contributed by atoms with van der Waals surface area (Å²) in [6.45, 7) is 0. The van der Waals surface area contributed by atoms with Crippen LogP contribution < -0.4 is 5.32 Å². The van der Waals surface area contributed by atoms with Crippen molar-refractivity contribution in [2.75, 3.05) is 5.88 Å². The lowest BCUT2D eigenvalue weighted by molar-refractivity contribution is -0.126. The number of halogens is 1. The molecule has 1 aromatic carbocycles. The summed E-state index contributed by atoms with van der Waals surface area (Å²) < 4.78 is 0. The van der Waals surface area contributed by atoms with E-state index in [2.05, 4.69) is 5.32 Å². The fourth-order valence-electron chi connectivity index (χ4n) is 2.65. The van der Waals surface area contributed by atoms with E-state index in [0.717, 1.165) is 24.8 Å². The van der Waals surface area contributed by atoms with Crippen LogP contribution in [0.3, 0.4) is 0 Å². The minimum absolute atomic E-state index is 0.0791. The highest BCUT2D eigenvalue weighted by atomic mass is 35.5. The molecule has 1 aliphatic carbocycles. The molecular formula is C15H18ClNO2. The van der Waals surface area contributed by atoms with Crippen molar-refractivity contribution in [1.29, 1.82) is 0 Å². The number of nitrogens with one attached hydrogen (secondary N) is 1. The number of benzene rings is 1. The van der Waals surface area contributed by atoms with Crippen LogP contribution in [-0.4, -0.2) is 17.6 Å². The third-order valence-corrected chi connectivity index (χ3v) is 3.84. The lowest BCUT2D eigenvalue weighted by Gasteiger charge is -2.30. The van der Waals surface area contributed by atoms with Crippen LogP contribution in [0.5, 0.6) is 0 Å². The molecule has 0 spiro atoms. The molecule has 0 radical (unpaired) electrons. The third kappa shape index (κ3) is 3.57. The zero-order valence-corrected chi connectivity index (χ0v) is 11.5. The van der Waals surface area contributed by atoms with Gasteiger partial charge in [0.05, 0.1) is 6.04 Å². The van der Waals surface area contributed by atoms with Gasteiger partial charge in [-0.25, -0.2) is 0 Å². The van der Waals surface area contributed by atoms with Crippen LogP contribution in [0.2, 0.25) is 0 Å². The largest absolute Gasteiger partial charge is 0.348 e. The van der Waals surface area contributed by atoms with Crippen LogP contribution in [0.15, 0.2) is 30.3 Å². The standard InChI is InChI=1S/C15H18ClNO2/c16-10-14(19)17-15(11-6-2-1-3-7-11)12-8-4-5-9-13(12)18/h1-3,6-7,12,15H,4-5,8-10H2,(H,17,19). The van der Waals surface area contributed by atoms with Gasteiger partial charge in [-0.1, -0.05) is 36.8 Å². The fraction of sp³-hybridized carbons (Fsp3) is 0.467. The maximum Gasteiger partial charge on any atom is 0.235 e. The second-order valence-corrected chi connectivity index (χ2v) is 5.18. The van der Waals surface area contributed by atoms with Crippen molar-refractivity contribution >= 4 is 23.3 Å². The van der Waals surface area contributed by atoms with Gasteiger partial charge in [-0.05, 0) is 18.4 Å². The van der Waals surface area contributed by atoms with Gasteiger partial charge in [-0.15, -0.1) is 11.6 Å². The number of Topliss-reactive ketones (excluding diaryl/α,β-unsaturated/α-hetero) is 1. The van der Waals surface area contributed by atoms with Crippen LogP contribution in [0.1, 0.15) is 37.3 Å². The van der Waals surface area contributed by atoms with Gasteiger partial charge < -0.3 is 5.32 Å². The number of carbonyl (C=O) groups is 2. The molecule has 0 aromatic heterocycles. The van der Waals surface area contributed by atoms with Gasteiger partial charge in [-0.2, -0.15) is 0 Å². The average Bonchev–Trinajstić information content (AvgIpc) is 2.46. The van der Waals surface area contributed by atoms with Crippen molar-refractivity contribution in [3.05, 3.63) is 35.9 Å². The Bertz CT molecular complexity index is 447. The number of carbonyl (C=O) groups excluding carboxylic acids is 2. The van der Waals surface area contributed by atoms with E-state index in [1.54, 1.807) is 0 Å². The zero-order valence-electron chi connectivity index (χ0n) is 10.8. The van der Waals surface area contributed by atoms with Crippen molar-refractivity contribution in [2.24, 2.45) is 5.92 Å². The third-order valence-electron chi connectivity index (χ3n) is 3.60. The first-order chi connectivity index (χ1) is 9.22. The van der Waals surface area contributed by atoms with Crippen LogP contribution in [0.4, 0.5) is 0 Å². The molecule has 1 N–H and O–H groups in total. The summed E-state index contributed by atoms with van der Waals surface area (Å²) in [5.74, 6) is -0.184. The van der Waals surface area contributed by atoms with Crippen molar-refractivity contribution in [3.63, 3.8) is 0 Å². The molecule has 0 aliphatic heterocycles. The Balaban J connectivity index is 2.23. The molecule has 2 unspecified atom stereocenters. The molecule has 4 heteroatoms. The molecule has 0 heterocycles. The summed E-state index contributed by atoms with van der Waals surface area (Å²) >= 11 is 5.56. The molecular weight excluding hydrogens is 262 g/mol. The quantitative estimate of drug-likeness (QED) is 0.862. The molecule has 1 fully saturated rings. The Hall–Kier alpha value is -1.35. The van der Waals surface area contributed by atoms with Crippen LogP contribution >= 0.6 is 11.6 Å². The first-order valence-corrected chi connectivity index (χ1v) is 7.19. The summed E-state index contributed by atoms with van der Waals surface area (Å²) in [6.07, 6.45) is 3.45. The maximum absolute atomic E-state index is 12.1. The smallest absolute Gasteiger partial charge is 0.235 e. The minimum Gasteiger partial charge on any atom is -0.348 e. The van der Waals surface area contributed by atoms with Gasteiger partial charge in [0.1, 0.15) is 11.7 Å². The Morgan fingerprint density at radius 3 is 2.68 bits per heavy atom. The number of ketones is 1. The van der Waals surface area contributed by atoms with E-state index in [9.17, 15) is 9.59 Å². The molecule has 2 atom stereocenters. The van der Waals surface area contributed by atoms with Crippen molar-refractivity contribution in [3.8, 4) is 0 Å². The topological polar surface area (TPSA) is 46.2 Å². The van der Waals surface area contributed by atoms with Crippen LogP contribution in [0, 0.1) is 5.92 Å². The Labute approximate surface area is 118 Å². The normalized spacial score (nSPS) is 20.9. The van der Waals surface area contributed by atoms with Gasteiger partial charge in [-0.3, -0.25) is 9.59 Å². The number of hydrogen-bond acceptors (Lipinski definition) is 2. The predicted molar refractivity (Wildman–Crippen MR) is 75.0 cm³/mol. The molecule has 3 nitrogen and oxygen atoms in total. The fourth-order valence-corrected chi connectivity index (χ4v) is 2.73. The van der Waals surface area contributed by atoms with Gasteiger partial charge in [0, 0.05) is 12.3 Å². The van der Waals surface area contributed by atoms with Crippen molar-refractivity contribution in [2.45, 2.75) is 31.7 Å². The number of rotatable bonds is 4.